The van der Waals surface area contributed by atoms with E-state index in [4.69, 9.17) is 0 Å². The molecule has 0 atom stereocenters. The third-order valence-corrected chi connectivity index (χ3v) is 4.65. The molecule has 0 saturated carbocycles. The minimum atomic E-state index is -0.854. The van der Waals surface area contributed by atoms with Crippen LogP contribution in [0.15, 0.2) is 24.3 Å². The van der Waals surface area contributed by atoms with Crippen LogP contribution in [0.25, 0.3) is 0 Å². The molecule has 0 spiro atoms. The van der Waals surface area contributed by atoms with Crippen LogP contribution in [0, 0.1) is 0 Å². The van der Waals surface area contributed by atoms with Gasteiger partial charge in [0.2, 0.25) is 0 Å². The summed E-state index contributed by atoms with van der Waals surface area (Å²) >= 11 is 0. The Balaban J connectivity index is 2.78. The number of hydrogen-bond acceptors (Lipinski definition) is 0. The average Bonchev–Trinajstić information content (AvgIpc) is 2.17. The molecule has 1 aromatic rings. The molecular formula is C14H24P+. The maximum absolute atomic E-state index is 2.41. The summed E-state index contributed by atoms with van der Waals surface area (Å²) in [4.78, 5) is 0. The molecule has 15 heavy (non-hydrogen) atoms. The van der Waals surface area contributed by atoms with E-state index >= 15 is 0 Å². The smallest absolute Gasteiger partial charge is 0.0654 e. The van der Waals surface area contributed by atoms with E-state index in [1.165, 1.54) is 25.7 Å². The molecule has 0 heterocycles. The summed E-state index contributed by atoms with van der Waals surface area (Å²) in [6.07, 6.45) is 5.28. The van der Waals surface area contributed by atoms with Crippen molar-refractivity contribution in [2.45, 2.75) is 32.6 Å². The maximum atomic E-state index is 2.41. The van der Waals surface area contributed by atoms with E-state index in [0.29, 0.717) is 0 Å². The zero-order valence-electron chi connectivity index (χ0n) is 10.6. The van der Waals surface area contributed by atoms with Gasteiger partial charge >= 0.3 is 0 Å². The second-order valence-corrected chi connectivity index (χ2v) is 9.61. The number of hydrogen-bond donors (Lipinski definition) is 0. The van der Waals surface area contributed by atoms with Gasteiger partial charge in [-0.15, -0.1) is 0 Å². The van der Waals surface area contributed by atoms with Gasteiger partial charge in [-0.05, 0) is 24.5 Å². The van der Waals surface area contributed by atoms with Crippen molar-refractivity contribution in [2.24, 2.45) is 0 Å². The largest absolute Gasteiger partial charge is 0.0962 e. The Morgan fingerprint density at radius 3 is 2.27 bits per heavy atom. The lowest BCUT2D eigenvalue weighted by Crippen LogP contribution is -2.13. The van der Waals surface area contributed by atoms with E-state index < -0.39 is 7.26 Å². The molecule has 0 N–H and O–H groups in total. The lowest BCUT2D eigenvalue weighted by molar-refractivity contribution is 0.719. The quantitative estimate of drug-likeness (QED) is 0.523. The van der Waals surface area contributed by atoms with Crippen LogP contribution in [0.3, 0.4) is 0 Å². The number of benzene rings is 1. The first-order valence-corrected chi connectivity index (χ1v) is 9.08. The van der Waals surface area contributed by atoms with Crippen molar-refractivity contribution in [1.82, 2.24) is 0 Å². The normalized spacial score (nSPS) is 11.7. The lowest BCUT2D eigenvalue weighted by atomic mass is 10.1. The Morgan fingerprint density at radius 1 is 1.00 bits per heavy atom. The molecule has 0 nitrogen and oxygen atoms in total. The van der Waals surface area contributed by atoms with E-state index in [2.05, 4.69) is 51.2 Å². The number of unbranched alkanes of at least 4 members (excludes halogenated alkanes) is 2. The van der Waals surface area contributed by atoms with Crippen molar-refractivity contribution in [3.8, 4) is 0 Å². The molecule has 0 aromatic heterocycles. The molecule has 1 aromatic carbocycles. The molecule has 0 aliphatic carbocycles. The molecular weight excluding hydrogens is 199 g/mol. The second kappa shape index (κ2) is 5.66. The SMILES string of the molecule is CCCCCc1ccccc1[P+](C)(C)C. The van der Waals surface area contributed by atoms with E-state index in [0.717, 1.165) is 0 Å². The fraction of sp³-hybridized carbons (Fsp3) is 0.571. The second-order valence-electron chi connectivity index (χ2n) is 5.10. The highest BCUT2D eigenvalue weighted by molar-refractivity contribution is 7.81. The Hall–Kier alpha value is -0.350. The first-order valence-electron chi connectivity index (χ1n) is 5.95. The van der Waals surface area contributed by atoms with Gasteiger partial charge in [0.25, 0.3) is 0 Å². The Bertz CT molecular complexity index is 296. The lowest BCUT2D eigenvalue weighted by Gasteiger charge is -2.15. The third kappa shape index (κ3) is 3.95. The highest BCUT2D eigenvalue weighted by Gasteiger charge is 2.23. The molecule has 1 heteroatoms. The van der Waals surface area contributed by atoms with E-state index in [-0.39, 0.29) is 0 Å². The maximum Gasteiger partial charge on any atom is 0.0962 e. The summed E-state index contributed by atoms with van der Waals surface area (Å²) in [6, 6.07) is 9.01. The van der Waals surface area contributed by atoms with Crippen LogP contribution in [0.1, 0.15) is 31.7 Å². The first kappa shape index (κ1) is 12.7. The summed E-state index contributed by atoms with van der Waals surface area (Å²) in [6.45, 7) is 9.49. The first-order chi connectivity index (χ1) is 7.05. The molecule has 0 fully saturated rings. The van der Waals surface area contributed by atoms with Gasteiger partial charge in [-0.2, -0.15) is 0 Å². The van der Waals surface area contributed by atoms with Crippen LogP contribution >= 0.6 is 7.26 Å². The van der Waals surface area contributed by atoms with Gasteiger partial charge in [0, 0.05) is 7.26 Å². The zero-order chi connectivity index (χ0) is 11.3. The van der Waals surface area contributed by atoms with Crippen LogP contribution in [-0.2, 0) is 6.42 Å². The predicted octanol–water partition coefficient (Wildman–Crippen LogP) is 3.95. The van der Waals surface area contributed by atoms with Gasteiger partial charge in [0.1, 0.15) is 0 Å². The molecule has 0 aliphatic heterocycles. The van der Waals surface area contributed by atoms with Crippen LogP contribution in [0.2, 0.25) is 0 Å². The fourth-order valence-electron chi connectivity index (χ4n) is 1.94. The van der Waals surface area contributed by atoms with Gasteiger partial charge in [0.05, 0.1) is 25.3 Å². The van der Waals surface area contributed by atoms with E-state index in [9.17, 15) is 0 Å². The van der Waals surface area contributed by atoms with Gasteiger partial charge < -0.3 is 0 Å². The molecule has 0 amide bonds. The Labute approximate surface area is 95.4 Å². The van der Waals surface area contributed by atoms with E-state index in [1.807, 2.05) is 0 Å². The Kier molecular flexibility index (Phi) is 4.80. The molecule has 1 rings (SSSR count). The van der Waals surface area contributed by atoms with Crippen molar-refractivity contribution < 1.29 is 0 Å². The highest BCUT2D eigenvalue weighted by Crippen LogP contribution is 2.46. The summed E-state index contributed by atoms with van der Waals surface area (Å²) in [5.74, 6) is 0. The van der Waals surface area contributed by atoms with Crippen LogP contribution in [-0.4, -0.2) is 20.0 Å². The molecule has 84 valence electrons. The summed E-state index contributed by atoms with van der Waals surface area (Å²) in [5.41, 5.74) is 1.59. The summed E-state index contributed by atoms with van der Waals surface area (Å²) in [7, 11) is -0.854. The summed E-state index contributed by atoms with van der Waals surface area (Å²) in [5, 5.41) is 1.63. The molecule has 0 unspecified atom stereocenters. The van der Waals surface area contributed by atoms with Crippen LogP contribution in [0.4, 0.5) is 0 Å². The van der Waals surface area contributed by atoms with Crippen molar-refractivity contribution in [2.75, 3.05) is 20.0 Å². The monoisotopic (exact) mass is 223 g/mol. The minimum absolute atomic E-state index is 0.854. The van der Waals surface area contributed by atoms with Gasteiger partial charge in [-0.3, -0.25) is 0 Å². The van der Waals surface area contributed by atoms with Gasteiger partial charge in [-0.1, -0.05) is 38.0 Å². The van der Waals surface area contributed by atoms with Crippen molar-refractivity contribution >= 4 is 12.6 Å². The standard InChI is InChI=1S/C14H24P/c1-5-6-7-10-13-11-8-9-12-14(13)15(2,3)4/h8-9,11-12H,5-7,10H2,1-4H3/q+1. The Morgan fingerprint density at radius 2 is 1.67 bits per heavy atom. The fourth-order valence-corrected chi connectivity index (χ4v) is 3.52. The molecule has 0 radical (unpaired) electrons. The molecule has 0 saturated heterocycles. The van der Waals surface area contributed by atoms with E-state index in [1.54, 1.807) is 10.9 Å². The molecule has 0 aliphatic rings. The topological polar surface area (TPSA) is 0 Å². The highest BCUT2D eigenvalue weighted by atomic mass is 31.2. The zero-order valence-corrected chi connectivity index (χ0v) is 11.5. The minimum Gasteiger partial charge on any atom is -0.0654 e. The third-order valence-electron chi connectivity index (χ3n) is 2.76. The summed E-state index contributed by atoms with van der Waals surface area (Å²) < 4.78 is 0. The predicted molar refractivity (Wildman–Crippen MR) is 74.0 cm³/mol. The van der Waals surface area contributed by atoms with Crippen LogP contribution in [0.5, 0.6) is 0 Å². The number of aryl methyl sites for hydroxylation is 1. The van der Waals surface area contributed by atoms with Gasteiger partial charge in [0.15, 0.2) is 0 Å². The van der Waals surface area contributed by atoms with Gasteiger partial charge in [-0.25, -0.2) is 0 Å². The average molecular weight is 223 g/mol. The van der Waals surface area contributed by atoms with Crippen molar-refractivity contribution in [3.63, 3.8) is 0 Å². The molecule has 0 bridgehead atoms. The van der Waals surface area contributed by atoms with Crippen molar-refractivity contribution in [1.29, 1.82) is 0 Å². The van der Waals surface area contributed by atoms with Crippen LogP contribution < -0.4 is 5.30 Å². The number of rotatable bonds is 5. The van der Waals surface area contributed by atoms with Crippen molar-refractivity contribution in [3.05, 3.63) is 29.8 Å².